The van der Waals surface area contributed by atoms with E-state index < -0.39 is 0 Å². The van der Waals surface area contributed by atoms with Crippen molar-refractivity contribution in [3.63, 3.8) is 0 Å². The average Bonchev–Trinajstić information content (AvgIpc) is 3.31. The summed E-state index contributed by atoms with van der Waals surface area (Å²) in [6, 6.07) is 22.7. The number of rotatable bonds is 6. The number of nitrogens with zero attached hydrogens (tertiary/aromatic N) is 1. The molecule has 33 heavy (non-hydrogen) atoms. The van der Waals surface area contributed by atoms with E-state index in [1.165, 1.54) is 16.0 Å². The fraction of sp³-hybridized carbons (Fsp3) is 0.310. The third-order valence-electron chi connectivity index (χ3n) is 5.01. The normalized spacial score (nSPS) is 10.9. The van der Waals surface area contributed by atoms with E-state index in [4.69, 9.17) is 0 Å². The molecule has 1 amide bonds. The highest BCUT2D eigenvalue weighted by atomic mass is 32.2. The van der Waals surface area contributed by atoms with Crippen LogP contribution in [0.3, 0.4) is 0 Å². The number of anilines is 1. The van der Waals surface area contributed by atoms with Gasteiger partial charge < -0.3 is 5.32 Å². The highest BCUT2D eigenvalue weighted by Gasteiger charge is 2.05. The number of hydrogen-bond donors (Lipinski definition) is 1. The van der Waals surface area contributed by atoms with Crippen molar-refractivity contribution in [1.82, 2.24) is 0 Å². The summed E-state index contributed by atoms with van der Waals surface area (Å²) in [5, 5.41) is 5.05. The van der Waals surface area contributed by atoms with Crippen molar-refractivity contribution >= 4 is 29.4 Å². The number of thioether (sulfide) groups is 1. The van der Waals surface area contributed by atoms with Gasteiger partial charge in [-0.3, -0.25) is 9.79 Å². The summed E-state index contributed by atoms with van der Waals surface area (Å²) in [4.78, 5) is 17.7. The Labute approximate surface area is 203 Å². The molecule has 3 nitrogen and oxygen atoms in total. The lowest BCUT2D eigenvalue weighted by Gasteiger charge is -2.06. The van der Waals surface area contributed by atoms with Gasteiger partial charge in [0.05, 0.1) is 18.3 Å². The van der Waals surface area contributed by atoms with Gasteiger partial charge in [0.25, 0.3) is 0 Å². The lowest BCUT2D eigenvalue weighted by Crippen LogP contribution is -2.23. The van der Waals surface area contributed by atoms with Crippen molar-refractivity contribution in [2.75, 3.05) is 17.6 Å². The zero-order valence-electron chi connectivity index (χ0n) is 20.5. The van der Waals surface area contributed by atoms with Gasteiger partial charge >= 0.3 is 0 Å². The molecule has 0 saturated heterocycles. The van der Waals surface area contributed by atoms with Crippen LogP contribution >= 0.6 is 11.8 Å². The molecule has 174 valence electrons. The van der Waals surface area contributed by atoms with E-state index in [1.54, 1.807) is 11.8 Å². The van der Waals surface area contributed by atoms with Crippen molar-refractivity contribution < 1.29 is 4.79 Å². The second-order valence-corrected chi connectivity index (χ2v) is 8.80. The molecule has 1 N–H and O–H groups in total. The Hall–Kier alpha value is -2.85. The monoisotopic (exact) mass is 460 g/mol. The third-order valence-corrected chi connectivity index (χ3v) is 5.91. The summed E-state index contributed by atoms with van der Waals surface area (Å²) in [6.07, 6.45) is 3.59. The standard InChI is InChI=1S/C18H18N2OS.C9H12.C2H6/c1-2-22-16-6-3-13(4-7-16)11-18(21)20-15-5-8-17-14(12-15)9-10-19-17;1-3-9-6-4-8(2)5-7-9;1-2/h3-9,12H,2,10-11H2,1H3,(H,20,21);4-7H,3H2,1-2H3;1-2H3. The first-order valence-corrected chi connectivity index (χ1v) is 12.8. The van der Waals surface area contributed by atoms with E-state index in [9.17, 15) is 4.79 Å². The van der Waals surface area contributed by atoms with Crippen LogP contribution in [0.15, 0.2) is 76.6 Å². The fourth-order valence-electron chi connectivity index (χ4n) is 3.27. The zero-order chi connectivity index (χ0) is 24.1. The van der Waals surface area contributed by atoms with Crippen LogP contribution in [-0.4, -0.2) is 18.2 Å². The van der Waals surface area contributed by atoms with Gasteiger partial charge in [0, 0.05) is 10.6 Å². The van der Waals surface area contributed by atoms with Crippen LogP contribution in [0.5, 0.6) is 0 Å². The van der Waals surface area contributed by atoms with Crippen LogP contribution < -0.4 is 15.9 Å². The predicted molar refractivity (Wildman–Crippen MR) is 144 cm³/mol. The van der Waals surface area contributed by atoms with Gasteiger partial charge in [-0.25, -0.2) is 0 Å². The van der Waals surface area contributed by atoms with Gasteiger partial charge in [-0.1, -0.05) is 75.7 Å². The van der Waals surface area contributed by atoms with Crippen molar-refractivity contribution in [2.45, 2.75) is 52.4 Å². The van der Waals surface area contributed by atoms with Crippen molar-refractivity contribution in [3.8, 4) is 0 Å². The molecule has 1 aliphatic rings. The Bertz CT molecular complexity index is 1120. The van der Waals surface area contributed by atoms with Gasteiger partial charge in [-0.15, -0.1) is 11.8 Å². The number of carbonyl (C=O) groups excluding carboxylic acids is 1. The highest BCUT2D eigenvalue weighted by molar-refractivity contribution is 7.99. The first-order chi connectivity index (χ1) is 16.1. The molecule has 0 atom stereocenters. The van der Waals surface area contributed by atoms with E-state index in [1.807, 2.05) is 44.2 Å². The number of hydrogen-bond acceptors (Lipinski definition) is 3. The molecule has 4 rings (SSSR count). The van der Waals surface area contributed by atoms with Crippen LogP contribution in [0.4, 0.5) is 5.69 Å². The number of amides is 1. The topological polar surface area (TPSA) is 41.5 Å². The molecule has 0 unspecified atom stereocenters. The molecule has 4 heteroatoms. The highest BCUT2D eigenvalue weighted by Crippen LogP contribution is 2.18. The smallest absolute Gasteiger partial charge is 0.228 e. The number of carbonyl (C=O) groups is 1. The Morgan fingerprint density at radius 3 is 2.24 bits per heavy atom. The molecule has 0 radical (unpaired) electrons. The molecule has 3 aromatic rings. The van der Waals surface area contributed by atoms with Gasteiger partial charge in [0.1, 0.15) is 0 Å². The van der Waals surface area contributed by atoms with E-state index in [0.717, 1.165) is 40.5 Å². The van der Waals surface area contributed by atoms with Gasteiger partial charge in [0.2, 0.25) is 5.91 Å². The van der Waals surface area contributed by atoms with E-state index in [0.29, 0.717) is 6.42 Å². The Morgan fingerprint density at radius 1 is 0.939 bits per heavy atom. The maximum atomic E-state index is 12.1. The van der Waals surface area contributed by atoms with Gasteiger partial charge in [-0.05, 0) is 65.8 Å². The molecule has 0 bridgehead atoms. The molecule has 0 fully saturated rings. The molecule has 0 spiro atoms. The molecule has 1 aliphatic heterocycles. The second-order valence-electron chi connectivity index (χ2n) is 7.46. The molecule has 0 saturated carbocycles. The van der Waals surface area contributed by atoms with E-state index >= 15 is 0 Å². The summed E-state index contributed by atoms with van der Waals surface area (Å²) in [6.45, 7) is 11.1. The zero-order valence-corrected chi connectivity index (χ0v) is 21.3. The molecular formula is C29H36N2OS. The third kappa shape index (κ3) is 8.89. The van der Waals surface area contributed by atoms with Crippen LogP contribution in [0.2, 0.25) is 0 Å². The van der Waals surface area contributed by atoms with Crippen LogP contribution in [0.1, 0.15) is 44.4 Å². The Morgan fingerprint density at radius 2 is 1.61 bits per heavy atom. The van der Waals surface area contributed by atoms with E-state index in [2.05, 4.69) is 73.6 Å². The lowest BCUT2D eigenvalue weighted by atomic mass is 10.1. The van der Waals surface area contributed by atoms with E-state index in [-0.39, 0.29) is 5.91 Å². The summed E-state index contributed by atoms with van der Waals surface area (Å²) < 4.78 is 0. The first-order valence-electron chi connectivity index (χ1n) is 11.8. The molecule has 1 heterocycles. The van der Waals surface area contributed by atoms with Crippen molar-refractivity contribution in [2.24, 2.45) is 4.99 Å². The molecule has 0 aromatic heterocycles. The number of nitrogens with one attached hydrogen (secondary N) is 1. The molecular weight excluding hydrogens is 424 g/mol. The lowest BCUT2D eigenvalue weighted by molar-refractivity contribution is -0.115. The quantitative estimate of drug-likeness (QED) is 0.460. The minimum atomic E-state index is 0.00535. The second kappa shape index (κ2) is 14.3. The molecule has 0 aliphatic carbocycles. The van der Waals surface area contributed by atoms with Crippen LogP contribution in [0.25, 0.3) is 6.08 Å². The predicted octanol–water partition coefficient (Wildman–Crippen LogP) is 5.98. The number of aryl methyl sites for hydroxylation is 2. The van der Waals surface area contributed by atoms with Crippen LogP contribution in [0, 0.1) is 6.92 Å². The van der Waals surface area contributed by atoms with Gasteiger partial charge in [0.15, 0.2) is 0 Å². The summed E-state index contributed by atoms with van der Waals surface area (Å²) >= 11 is 1.80. The fourth-order valence-corrected chi connectivity index (χ4v) is 3.93. The summed E-state index contributed by atoms with van der Waals surface area (Å²) in [5.74, 6) is 1.06. The van der Waals surface area contributed by atoms with Crippen LogP contribution in [-0.2, 0) is 17.6 Å². The molecule has 3 aromatic carbocycles. The summed E-state index contributed by atoms with van der Waals surface area (Å²) in [5.41, 5.74) is 4.61. The maximum absolute atomic E-state index is 12.1. The van der Waals surface area contributed by atoms with Crippen molar-refractivity contribution in [1.29, 1.82) is 0 Å². The minimum Gasteiger partial charge on any atom is -0.326 e. The minimum absolute atomic E-state index is 0.00535. The number of benzene rings is 3. The van der Waals surface area contributed by atoms with Crippen molar-refractivity contribution in [3.05, 3.63) is 94.0 Å². The number of fused-ring (bicyclic) bond motifs is 1. The largest absolute Gasteiger partial charge is 0.326 e. The Kier molecular flexibility index (Phi) is 11.5. The SMILES string of the molecule is CC.CCSc1ccc(CC(=O)Nc2ccc3c(c2)=CCN=3)cc1.CCc1ccc(C)cc1. The maximum Gasteiger partial charge on any atom is 0.228 e. The first kappa shape index (κ1) is 26.4. The summed E-state index contributed by atoms with van der Waals surface area (Å²) in [7, 11) is 0. The Balaban J connectivity index is 0.000000293. The van der Waals surface area contributed by atoms with Gasteiger partial charge in [-0.2, -0.15) is 0 Å². The average molecular weight is 461 g/mol.